The van der Waals surface area contributed by atoms with E-state index in [0.29, 0.717) is 0 Å². The van der Waals surface area contributed by atoms with Crippen molar-refractivity contribution in [1.82, 2.24) is 10.3 Å². The van der Waals surface area contributed by atoms with Gasteiger partial charge in [-0.3, -0.25) is 4.79 Å². The van der Waals surface area contributed by atoms with E-state index in [2.05, 4.69) is 22.5 Å². The molecule has 2 unspecified atom stereocenters. The van der Waals surface area contributed by atoms with Gasteiger partial charge >= 0.3 is 0 Å². The fraction of sp³-hybridized carbons (Fsp3) is 0.600. The van der Waals surface area contributed by atoms with E-state index >= 15 is 0 Å². The van der Waals surface area contributed by atoms with Crippen molar-refractivity contribution in [1.29, 1.82) is 0 Å². The zero-order valence-corrected chi connectivity index (χ0v) is 11.9. The second-order valence-corrected chi connectivity index (χ2v) is 5.56. The zero-order chi connectivity index (χ0) is 13.9. The first-order valence-electron chi connectivity index (χ1n) is 7.55. The Hall–Kier alpha value is -1.78. The highest BCUT2D eigenvalue weighted by atomic mass is 16.2. The number of hydrogen-bond donors (Lipinski definition) is 2. The van der Waals surface area contributed by atoms with E-state index in [1.54, 1.807) is 0 Å². The maximum absolute atomic E-state index is 11.8. The second kappa shape index (κ2) is 5.69. The molecule has 0 saturated carbocycles. The maximum atomic E-state index is 11.8. The molecule has 1 amide bonds. The molecular formula is C15H22N4O. The molecule has 5 nitrogen and oxygen atoms in total. The minimum absolute atomic E-state index is 0.137. The Morgan fingerprint density at radius 2 is 2.40 bits per heavy atom. The van der Waals surface area contributed by atoms with Gasteiger partial charge in [0, 0.05) is 19.6 Å². The molecule has 0 bridgehead atoms. The minimum Gasteiger partial charge on any atom is -0.370 e. The van der Waals surface area contributed by atoms with Crippen LogP contribution in [-0.2, 0) is 4.79 Å². The van der Waals surface area contributed by atoms with Crippen molar-refractivity contribution in [2.45, 2.75) is 32.2 Å². The lowest BCUT2D eigenvalue weighted by Crippen LogP contribution is -2.46. The first-order chi connectivity index (χ1) is 9.79. The van der Waals surface area contributed by atoms with Crippen molar-refractivity contribution in [2.75, 3.05) is 29.9 Å². The van der Waals surface area contributed by atoms with E-state index in [1.165, 1.54) is 0 Å². The Kier molecular flexibility index (Phi) is 3.76. The molecule has 5 heteroatoms. The molecule has 0 spiro atoms. The number of hydrogen-bond acceptors (Lipinski definition) is 4. The van der Waals surface area contributed by atoms with Crippen LogP contribution in [0.15, 0.2) is 18.2 Å². The van der Waals surface area contributed by atoms with Crippen molar-refractivity contribution < 1.29 is 4.79 Å². The lowest BCUT2D eigenvalue weighted by molar-refractivity contribution is -0.122. The Labute approximate surface area is 119 Å². The molecule has 1 aromatic heterocycles. The fourth-order valence-electron chi connectivity index (χ4n) is 3.17. The van der Waals surface area contributed by atoms with E-state index in [4.69, 9.17) is 4.98 Å². The SMILES string of the molecule is CCCNc1cccc(N2CCCC3C(=O)NCC32)n1. The Bertz CT molecular complexity index is 491. The van der Waals surface area contributed by atoms with E-state index in [9.17, 15) is 4.79 Å². The molecule has 2 saturated heterocycles. The van der Waals surface area contributed by atoms with Gasteiger partial charge in [0.15, 0.2) is 0 Å². The summed E-state index contributed by atoms with van der Waals surface area (Å²) in [7, 11) is 0. The Morgan fingerprint density at radius 3 is 3.25 bits per heavy atom. The summed E-state index contributed by atoms with van der Waals surface area (Å²) in [5.41, 5.74) is 0. The van der Waals surface area contributed by atoms with Crippen molar-refractivity contribution >= 4 is 17.5 Å². The van der Waals surface area contributed by atoms with Gasteiger partial charge in [-0.25, -0.2) is 4.98 Å². The van der Waals surface area contributed by atoms with Gasteiger partial charge in [0.2, 0.25) is 5.91 Å². The van der Waals surface area contributed by atoms with Crippen LogP contribution in [0.1, 0.15) is 26.2 Å². The number of fused-ring (bicyclic) bond motifs is 1. The molecule has 2 aliphatic heterocycles. The van der Waals surface area contributed by atoms with Gasteiger partial charge in [-0.1, -0.05) is 13.0 Å². The highest BCUT2D eigenvalue weighted by Crippen LogP contribution is 2.30. The molecule has 2 N–H and O–H groups in total. The number of pyridine rings is 1. The monoisotopic (exact) mass is 274 g/mol. The van der Waals surface area contributed by atoms with Crippen LogP contribution in [-0.4, -0.2) is 36.6 Å². The number of nitrogens with zero attached hydrogens (tertiary/aromatic N) is 2. The van der Waals surface area contributed by atoms with E-state index in [0.717, 1.165) is 50.5 Å². The van der Waals surface area contributed by atoms with Gasteiger partial charge in [-0.05, 0) is 31.4 Å². The van der Waals surface area contributed by atoms with Crippen molar-refractivity contribution in [3.63, 3.8) is 0 Å². The van der Waals surface area contributed by atoms with Crippen molar-refractivity contribution in [3.8, 4) is 0 Å². The topological polar surface area (TPSA) is 57.3 Å². The van der Waals surface area contributed by atoms with Gasteiger partial charge in [0.05, 0.1) is 12.0 Å². The molecule has 0 aromatic carbocycles. The molecule has 108 valence electrons. The summed E-state index contributed by atoms with van der Waals surface area (Å²) in [4.78, 5) is 18.8. The smallest absolute Gasteiger partial charge is 0.225 e. The minimum atomic E-state index is 0.137. The van der Waals surface area contributed by atoms with E-state index in [-0.39, 0.29) is 17.9 Å². The molecule has 0 radical (unpaired) electrons. The molecule has 3 heterocycles. The standard InChI is InChI=1S/C15H22N4O/c1-2-8-16-13-6-3-7-14(18-13)19-9-4-5-11-12(19)10-17-15(11)20/h3,6-7,11-12H,2,4-5,8-10H2,1H3,(H,16,18)(H,17,20). The largest absolute Gasteiger partial charge is 0.370 e. The molecule has 2 aliphatic rings. The third kappa shape index (κ3) is 2.44. The molecular weight excluding hydrogens is 252 g/mol. The average Bonchev–Trinajstić information content (AvgIpc) is 2.87. The van der Waals surface area contributed by atoms with E-state index in [1.807, 2.05) is 18.2 Å². The normalized spacial score (nSPS) is 25.2. The van der Waals surface area contributed by atoms with Crippen LogP contribution >= 0.6 is 0 Å². The number of aromatic nitrogens is 1. The summed E-state index contributed by atoms with van der Waals surface area (Å²) in [6.07, 6.45) is 3.14. The third-order valence-corrected chi connectivity index (χ3v) is 4.19. The molecule has 0 aliphatic carbocycles. The first kappa shape index (κ1) is 13.2. The summed E-state index contributed by atoms with van der Waals surface area (Å²) in [5, 5.41) is 6.31. The van der Waals surface area contributed by atoms with Gasteiger partial charge in [0.25, 0.3) is 0 Å². The van der Waals surface area contributed by atoms with Crippen LogP contribution < -0.4 is 15.5 Å². The number of anilines is 2. The quantitative estimate of drug-likeness (QED) is 0.876. The molecule has 2 fully saturated rings. The first-order valence-corrected chi connectivity index (χ1v) is 7.55. The molecule has 3 rings (SSSR count). The number of carbonyl (C=O) groups excluding carboxylic acids is 1. The fourth-order valence-corrected chi connectivity index (χ4v) is 3.17. The van der Waals surface area contributed by atoms with E-state index < -0.39 is 0 Å². The van der Waals surface area contributed by atoms with Crippen molar-refractivity contribution in [3.05, 3.63) is 18.2 Å². The van der Waals surface area contributed by atoms with Crippen LogP contribution in [0, 0.1) is 5.92 Å². The van der Waals surface area contributed by atoms with Crippen LogP contribution in [0.25, 0.3) is 0 Å². The summed E-state index contributed by atoms with van der Waals surface area (Å²) in [5.74, 6) is 2.25. The van der Waals surface area contributed by atoms with Crippen LogP contribution in [0.4, 0.5) is 11.6 Å². The van der Waals surface area contributed by atoms with Gasteiger partial charge < -0.3 is 15.5 Å². The van der Waals surface area contributed by atoms with Gasteiger partial charge in [-0.15, -0.1) is 0 Å². The summed E-state index contributed by atoms with van der Waals surface area (Å²) >= 11 is 0. The van der Waals surface area contributed by atoms with Gasteiger partial charge in [0.1, 0.15) is 11.6 Å². The average molecular weight is 274 g/mol. The summed E-state index contributed by atoms with van der Waals surface area (Å²) < 4.78 is 0. The summed E-state index contributed by atoms with van der Waals surface area (Å²) in [6.45, 7) is 4.81. The number of carbonyl (C=O) groups is 1. The maximum Gasteiger partial charge on any atom is 0.225 e. The number of rotatable bonds is 4. The number of amides is 1. The molecule has 20 heavy (non-hydrogen) atoms. The Morgan fingerprint density at radius 1 is 1.50 bits per heavy atom. The zero-order valence-electron chi connectivity index (χ0n) is 11.9. The van der Waals surface area contributed by atoms with Crippen LogP contribution in [0.2, 0.25) is 0 Å². The number of piperidine rings is 1. The Balaban J connectivity index is 1.79. The lowest BCUT2D eigenvalue weighted by Gasteiger charge is -2.36. The summed E-state index contributed by atoms with van der Waals surface area (Å²) in [6, 6.07) is 6.35. The lowest BCUT2D eigenvalue weighted by atomic mass is 9.91. The van der Waals surface area contributed by atoms with Crippen molar-refractivity contribution in [2.24, 2.45) is 5.92 Å². The number of nitrogens with one attached hydrogen (secondary N) is 2. The predicted molar refractivity (Wildman–Crippen MR) is 79.9 cm³/mol. The predicted octanol–water partition coefficient (Wildman–Crippen LogP) is 1.62. The second-order valence-electron chi connectivity index (χ2n) is 5.56. The van der Waals surface area contributed by atoms with Crippen LogP contribution in [0.5, 0.6) is 0 Å². The van der Waals surface area contributed by atoms with Crippen LogP contribution in [0.3, 0.4) is 0 Å². The molecule has 1 aromatic rings. The highest BCUT2D eigenvalue weighted by Gasteiger charge is 2.41. The highest BCUT2D eigenvalue weighted by molar-refractivity contribution is 5.83. The third-order valence-electron chi connectivity index (χ3n) is 4.19. The molecule has 2 atom stereocenters. The van der Waals surface area contributed by atoms with Gasteiger partial charge in [-0.2, -0.15) is 0 Å².